The monoisotopic (exact) mass is 811 g/mol. The first kappa shape index (κ1) is 41.6. The fourth-order valence-electron chi connectivity index (χ4n) is 9.63. The predicted octanol–water partition coefficient (Wildman–Crippen LogP) is 14.6. The summed E-state index contributed by atoms with van der Waals surface area (Å²) in [6.07, 6.45) is 0. The third-order valence-electron chi connectivity index (χ3n) is 13.3. The van der Waals surface area contributed by atoms with E-state index >= 15 is 0 Å². The molecule has 0 unspecified atom stereocenters. The second kappa shape index (κ2) is 14.7. The van der Waals surface area contributed by atoms with Crippen LogP contribution in [0.1, 0.15) is 111 Å². The molecule has 0 aromatic heterocycles. The fourth-order valence-corrected chi connectivity index (χ4v) is 9.63. The standard InChI is InChI=1S/C59H63BN2/c1-38-33-53-55-54(34-38)62(50-30-25-43(57(5,6)7)35-47(50)41-21-19-40(20-22-41)39-17-15-14-16-18-39)52-32-27-45(59(11,12)13)37-49(52)60(55)48-36-44(58(8,9)10)26-31-51(48)61(53)46-28-23-42(24-29-46)56(2,3)4/h14-37H,1-13H3. The van der Waals surface area contributed by atoms with Crippen molar-refractivity contribution >= 4 is 57.2 Å². The summed E-state index contributed by atoms with van der Waals surface area (Å²) in [5.74, 6) is 0. The van der Waals surface area contributed by atoms with Gasteiger partial charge in [0.15, 0.2) is 0 Å². The quantitative estimate of drug-likeness (QED) is 0.163. The molecule has 0 spiro atoms. The lowest BCUT2D eigenvalue weighted by molar-refractivity contribution is 0.590. The summed E-state index contributed by atoms with van der Waals surface area (Å²) in [6.45, 7) is 30.2. The van der Waals surface area contributed by atoms with Crippen LogP contribution < -0.4 is 26.2 Å². The van der Waals surface area contributed by atoms with Crippen LogP contribution in [-0.4, -0.2) is 6.71 Å². The normalized spacial score (nSPS) is 13.8. The van der Waals surface area contributed by atoms with Crippen LogP contribution in [0.3, 0.4) is 0 Å². The van der Waals surface area contributed by atoms with Gasteiger partial charge in [-0.25, -0.2) is 0 Å². The molecular weight excluding hydrogens is 747 g/mol. The van der Waals surface area contributed by atoms with Crippen LogP contribution in [0.5, 0.6) is 0 Å². The highest BCUT2D eigenvalue weighted by Crippen LogP contribution is 2.48. The first-order valence-electron chi connectivity index (χ1n) is 22.6. The molecule has 2 aliphatic heterocycles. The molecule has 0 aliphatic carbocycles. The van der Waals surface area contributed by atoms with Gasteiger partial charge in [0, 0.05) is 34.0 Å². The molecule has 312 valence electrons. The summed E-state index contributed by atoms with van der Waals surface area (Å²) in [7, 11) is 0. The van der Waals surface area contributed by atoms with Crippen molar-refractivity contribution in [2.24, 2.45) is 0 Å². The van der Waals surface area contributed by atoms with Gasteiger partial charge in [-0.05, 0) is 138 Å². The average molecular weight is 811 g/mol. The molecule has 0 amide bonds. The SMILES string of the molecule is Cc1cc2c3c(c1)N(c1ccc(C(C)(C)C)cc1-c1ccc(-c4ccccc4)cc1)c1ccc(C(C)(C)C)cc1B3c1cc(C(C)(C)C)ccc1N2c1ccc(C(C)(C)C)cc1. The van der Waals surface area contributed by atoms with Gasteiger partial charge in [-0.2, -0.15) is 0 Å². The maximum atomic E-state index is 2.61. The number of aryl methyl sites for hydroxylation is 1. The van der Waals surface area contributed by atoms with Gasteiger partial charge in [-0.1, -0.05) is 180 Å². The van der Waals surface area contributed by atoms with Gasteiger partial charge in [-0.15, -0.1) is 0 Å². The topological polar surface area (TPSA) is 6.48 Å². The van der Waals surface area contributed by atoms with E-state index < -0.39 is 0 Å². The zero-order valence-electron chi connectivity index (χ0n) is 39.3. The molecule has 0 bridgehead atoms. The van der Waals surface area contributed by atoms with Gasteiger partial charge >= 0.3 is 0 Å². The van der Waals surface area contributed by atoms with Crippen molar-refractivity contribution in [1.29, 1.82) is 0 Å². The van der Waals surface area contributed by atoms with E-state index in [0.717, 1.165) is 0 Å². The van der Waals surface area contributed by atoms with Crippen molar-refractivity contribution in [2.75, 3.05) is 9.80 Å². The molecule has 0 fully saturated rings. The molecule has 7 aromatic rings. The molecule has 62 heavy (non-hydrogen) atoms. The van der Waals surface area contributed by atoms with Crippen LogP contribution in [-0.2, 0) is 21.7 Å². The molecule has 3 heteroatoms. The maximum Gasteiger partial charge on any atom is 0.252 e. The lowest BCUT2D eigenvalue weighted by Crippen LogP contribution is -2.61. The number of nitrogens with zero attached hydrogens (tertiary/aromatic N) is 2. The third kappa shape index (κ3) is 7.28. The third-order valence-corrected chi connectivity index (χ3v) is 13.3. The van der Waals surface area contributed by atoms with Gasteiger partial charge in [-0.3, -0.25) is 0 Å². The fraction of sp³-hybridized carbons (Fsp3) is 0.288. The van der Waals surface area contributed by atoms with Crippen LogP contribution in [0.25, 0.3) is 22.3 Å². The van der Waals surface area contributed by atoms with E-state index in [0.29, 0.717) is 0 Å². The number of hydrogen-bond acceptors (Lipinski definition) is 2. The lowest BCUT2D eigenvalue weighted by atomic mass is 9.33. The van der Waals surface area contributed by atoms with E-state index in [1.807, 2.05) is 0 Å². The lowest BCUT2D eigenvalue weighted by Gasteiger charge is -2.45. The van der Waals surface area contributed by atoms with Crippen molar-refractivity contribution in [2.45, 2.75) is 112 Å². The van der Waals surface area contributed by atoms with Crippen molar-refractivity contribution < 1.29 is 0 Å². The first-order chi connectivity index (χ1) is 29.2. The predicted molar refractivity (Wildman–Crippen MR) is 271 cm³/mol. The molecule has 0 saturated carbocycles. The summed E-state index contributed by atoms with van der Waals surface area (Å²) in [4.78, 5) is 5.16. The second-order valence-corrected chi connectivity index (χ2v) is 22.1. The average Bonchev–Trinajstić information content (AvgIpc) is 3.22. The van der Waals surface area contributed by atoms with Gasteiger partial charge in [0.1, 0.15) is 0 Å². The summed E-state index contributed by atoms with van der Waals surface area (Å²) in [6, 6.07) is 56.0. The maximum absolute atomic E-state index is 2.61. The Bertz CT molecular complexity index is 2820. The highest BCUT2D eigenvalue weighted by Gasteiger charge is 2.44. The molecule has 0 N–H and O–H groups in total. The molecule has 7 aromatic carbocycles. The van der Waals surface area contributed by atoms with Crippen molar-refractivity contribution in [3.63, 3.8) is 0 Å². The summed E-state index contributed by atoms with van der Waals surface area (Å²) in [5, 5.41) is 0. The molecule has 0 saturated heterocycles. The number of fused-ring (bicyclic) bond motifs is 4. The Balaban J connectivity index is 1.35. The Labute approximate surface area is 372 Å². The van der Waals surface area contributed by atoms with Gasteiger partial charge in [0.05, 0.1) is 5.69 Å². The minimum absolute atomic E-state index is 0.0127. The van der Waals surface area contributed by atoms with E-state index in [9.17, 15) is 0 Å². The Morgan fingerprint density at radius 2 is 0.774 bits per heavy atom. The van der Waals surface area contributed by atoms with E-state index in [1.54, 1.807) is 0 Å². The number of anilines is 6. The summed E-state index contributed by atoms with van der Waals surface area (Å²) in [5.41, 5.74) is 22.9. The highest BCUT2D eigenvalue weighted by molar-refractivity contribution is 7.00. The Hall–Kier alpha value is -5.80. The highest BCUT2D eigenvalue weighted by atomic mass is 15.2. The van der Waals surface area contributed by atoms with Crippen LogP contribution in [0, 0.1) is 6.92 Å². The number of hydrogen-bond donors (Lipinski definition) is 0. The van der Waals surface area contributed by atoms with Crippen LogP contribution >= 0.6 is 0 Å². The van der Waals surface area contributed by atoms with E-state index in [-0.39, 0.29) is 28.4 Å². The molecular formula is C59H63BN2. The first-order valence-corrected chi connectivity index (χ1v) is 22.6. The largest absolute Gasteiger partial charge is 0.311 e. The van der Waals surface area contributed by atoms with Crippen LogP contribution in [0.4, 0.5) is 34.1 Å². The molecule has 9 rings (SSSR count). The molecule has 0 atom stereocenters. The molecule has 2 heterocycles. The smallest absolute Gasteiger partial charge is 0.252 e. The number of rotatable bonds is 4. The minimum atomic E-state index is -0.0259. The minimum Gasteiger partial charge on any atom is -0.311 e. The van der Waals surface area contributed by atoms with Gasteiger partial charge in [0.25, 0.3) is 6.71 Å². The van der Waals surface area contributed by atoms with Gasteiger partial charge < -0.3 is 9.80 Å². The second-order valence-electron chi connectivity index (χ2n) is 22.1. The molecule has 2 aliphatic rings. The Morgan fingerprint density at radius 1 is 0.355 bits per heavy atom. The number of benzene rings is 7. The van der Waals surface area contributed by atoms with Crippen LogP contribution in [0.15, 0.2) is 146 Å². The van der Waals surface area contributed by atoms with E-state index in [2.05, 4.69) is 245 Å². The zero-order valence-corrected chi connectivity index (χ0v) is 39.3. The van der Waals surface area contributed by atoms with Crippen molar-refractivity contribution in [1.82, 2.24) is 0 Å². The zero-order chi connectivity index (χ0) is 44.1. The van der Waals surface area contributed by atoms with Crippen molar-refractivity contribution in [3.8, 4) is 22.3 Å². The summed E-state index contributed by atoms with van der Waals surface area (Å²) < 4.78 is 0. The molecule has 2 nitrogen and oxygen atoms in total. The Kier molecular flexibility index (Phi) is 9.82. The molecule has 0 radical (unpaired) electrons. The van der Waals surface area contributed by atoms with Gasteiger partial charge in [0.2, 0.25) is 0 Å². The van der Waals surface area contributed by atoms with Crippen molar-refractivity contribution in [3.05, 3.63) is 173 Å². The Morgan fingerprint density at radius 3 is 1.29 bits per heavy atom. The van der Waals surface area contributed by atoms with Crippen LogP contribution in [0.2, 0.25) is 0 Å². The van der Waals surface area contributed by atoms with E-state index in [1.165, 1.54) is 101 Å². The van der Waals surface area contributed by atoms with E-state index in [4.69, 9.17) is 0 Å². The summed E-state index contributed by atoms with van der Waals surface area (Å²) >= 11 is 0.